The molecule has 2 bridgehead atoms. The van der Waals surface area contributed by atoms with Crippen LogP contribution in [0, 0.1) is 17.2 Å². The maximum absolute atomic E-state index is 14.8. The molecule has 364 valence electrons. The minimum atomic E-state index is -5.17. The van der Waals surface area contributed by atoms with Crippen LogP contribution in [0.25, 0.3) is 22.3 Å². The lowest BCUT2D eigenvalue weighted by atomic mass is 10.1. The summed E-state index contributed by atoms with van der Waals surface area (Å²) in [6, 6.07) is 10.4. The van der Waals surface area contributed by atoms with Crippen LogP contribution in [0.3, 0.4) is 0 Å². The van der Waals surface area contributed by atoms with Gasteiger partial charge < -0.3 is 24.1 Å². The number of nitriles is 1. The summed E-state index contributed by atoms with van der Waals surface area (Å²) in [4.78, 5) is 74.7. The first-order chi connectivity index (χ1) is 32.2. The molecule has 2 amide bonds. The molecule has 25 nitrogen and oxygen atoms in total. The fourth-order valence-corrected chi connectivity index (χ4v) is 11.0. The van der Waals surface area contributed by atoms with Crippen LogP contribution in [-0.4, -0.2) is 114 Å². The lowest BCUT2D eigenvalue weighted by Gasteiger charge is -2.40. The second kappa shape index (κ2) is 19.3. The molecule has 0 saturated carbocycles. The van der Waals surface area contributed by atoms with Crippen LogP contribution in [0.5, 0.6) is 0 Å². The van der Waals surface area contributed by atoms with Crippen molar-refractivity contribution in [2.24, 2.45) is 5.92 Å². The summed E-state index contributed by atoms with van der Waals surface area (Å²) in [7, 11) is -12.7. The van der Waals surface area contributed by atoms with Crippen LogP contribution in [0.1, 0.15) is 70.3 Å². The van der Waals surface area contributed by atoms with E-state index in [0.717, 1.165) is 0 Å². The van der Waals surface area contributed by atoms with Crippen LogP contribution in [-0.2, 0) is 50.4 Å². The fourth-order valence-electron chi connectivity index (χ4n) is 7.31. The summed E-state index contributed by atoms with van der Waals surface area (Å²) in [5.41, 5.74) is -0.146. The fraction of sp³-hybridized carbons (Fsp3) is 0.525. The molecule has 8 rings (SSSR count). The van der Waals surface area contributed by atoms with E-state index in [4.69, 9.17) is 36.5 Å². The zero-order valence-electron chi connectivity index (χ0n) is 38.0. The molecule has 1 aromatic carbocycles. The largest absolute Gasteiger partial charge is 0.475 e. The third-order valence-corrected chi connectivity index (χ3v) is 18.8. The van der Waals surface area contributed by atoms with E-state index in [1.807, 2.05) is 39.9 Å². The number of phosphoric acid groups is 2. The Kier molecular flexibility index (Phi) is 14.0. The molecule has 5 aromatic rings. The highest BCUT2D eigenvalue weighted by Gasteiger charge is 2.56. The number of aromatic nitrogens is 8. The number of benzene rings is 1. The molecule has 3 aliphatic rings. The summed E-state index contributed by atoms with van der Waals surface area (Å²) in [6.07, 6.45) is -5.42. The lowest BCUT2D eigenvalue weighted by molar-refractivity contribution is -0.118. The van der Waals surface area contributed by atoms with Gasteiger partial charge in [0.1, 0.15) is 43.1 Å². The Morgan fingerprint density at radius 1 is 0.971 bits per heavy atom. The minimum Gasteiger partial charge on any atom is -0.408 e. The van der Waals surface area contributed by atoms with E-state index >= 15 is 0 Å². The zero-order chi connectivity index (χ0) is 48.8. The summed E-state index contributed by atoms with van der Waals surface area (Å²) >= 11 is 0. The third kappa shape index (κ3) is 10.4. The lowest BCUT2D eigenvalue weighted by Crippen LogP contribution is -2.50. The highest BCUT2D eigenvalue weighted by molar-refractivity contribution is 7.48. The third-order valence-electron chi connectivity index (χ3n) is 11.9. The number of carbonyl (C=O) groups is 2. The van der Waals surface area contributed by atoms with Gasteiger partial charge in [0, 0.05) is 17.9 Å². The van der Waals surface area contributed by atoms with E-state index in [2.05, 4.69) is 40.5 Å². The van der Waals surface area contributed by atoms with Crippen molar-refractivity contribution in [1.29, 1.82) is 5.26 Å². The smallest absolute Gasteiger partial charge is 0.408 e. The van der Waals surface area contributed by atoms with Crippen molar-refractivity contribution in [3.8, 4) is 6.07 Å². The van der Waals surface area contributed by atoms with Crippen LogP contribution in [0.15, 0.2) is 54.1 Å². The van der Waals surface area contributed by atoms with Gasteiger partial charge in [-0.15, -0.1) is 0 Å². The van der Waals surface area contributed by atoms with E-state index in [9.17, 15) is 33.7 Å². The summed E-state index contributed by atoms with van der Waals surface area (Å²) in [6.45, 7) is 11.4. The van der Waals surface area contributed by atoms with Gasteiger partial charge in [-0.3, -0.25) is 56.4 Å². The molecule has 28 heteroatoms. The first-order valence-electron chi connectivity index (χ1n) is 21.6. The molecular weight excluding hydrogens is 949 g/mol. The maximum Gasteiger partial charge on any atom is 0.475 e. The molecule has 3 saturated heterocycles. The maximum atomic E-state index is 14.8. The van der Waals surface area contributed by atoms with Crippen molar-refractivity contribution in [3.05, 3.63) is 65.2 Å². The Hall–Kier alpha value is -5.13. The van der Waals surface area contributed by atoms with Crippen molar-refractivity contribution in [3.63, 3.8) is 0 Å². The highest BCUT2D eigenvalue weighted by Crippen LogP contribution is 2.57. The Morgan fingerprint density at radius 2 is 1.69 bits per heavy atom. The number of phosphoric ester groups is 2. The molecule has 4 N–H and O–H groups in total. The van der Waals surface area contributed by atoms with Gasteiger partial charge in [-0.1, -0.05) is 52.8 Å². The second-order valence-corrected chi connectivity index (χ2v) is 25.8. The predicted molar refractivity (Wildman–Crippen MR) is 241 cm³/mol. The number of ether oxygens (including phenoxy) is 2. The summed E-state index contributed by atoms with van der Waals surface area (Å²) < 4.78 is 81.3. The standard InChI is InChI=1S/C40H51N11O14P2Si/c1-22(2)35(52)48-39-47-34-29(37(54)49-39)45-21-51(34)38-31-30(65-68(6,7)40(3,4)5)26(62-38)18-60-67(57,58-15-11-14-41)63-24-16-27(61-25(24)17-59-66(55,56)64-31)50-20-44-28-32(42-19-43-33(28)50)46-36(53)23-12-9-8-10-13-23/h8-10,12-13,19-22,24-27,30-31,38H,11,15-18H2,1-7H3,(H,55,56)(H,42,43,46,53)(H2,47,48,49,52,54)/t24-,25+,26+,27+,30+,31+,38+,67?/m0/s1. The molecule has 7 heterocycles. The molecule has 68 heavy (non-hydrogen) atoms. The predicted octanol–water partition coefficient (Wildman–Crippen LogP) is 5.34. The van der Waals surface area contributed by atoms with Crippen molar-refractivity contribution >= 4 is 69.9 Å². The van der Waals surface area contributed by atoms with Crippen molar-refractivity contribution in [2.75, 3.05) is 30.5 Å². The number of hydrogen-bond donors (Lipinski definition) is 4. The van der Waals surface area contributed by atoms with E-state index in [1.54, 1.807) is 44.2 Å². The van der Waals surface area contributed by atoms with Gasteiger partial charge in [-0.25, -0.2) is 29.1 Å². The SMILES string of the molecule is CC(C)C(=O)Nc1nc2c(ncn2[C@@H]2O[C@@H]3COP(=O)(OCCC#N)O[C@H]4C[C@H](n5cnc6c(NC(=O)c7ccccc7)ncnc65)O[C@@H]4COP(=O)(O)O[C@@H]2[C@@H]3O[Si](C)(C)C(C)(C)C)c(=O)[nH]1. The first-order valence-corrected chi connectivity index (χ1v) is 27.4. The van der Waals surface area contributed by atoms with Crippen LogP contribution >= 0.6 is 15.6 Å². The molecule has 4 aromatic heterocycles. The second-order valence-electron chi connectivity index (χ2n) is 18.0. The zero-order valence-corrected chi connectivity index (χ0v) is 40.8. The van der Waals surface area contributed by atoms with Gasteiger partial charge in [-0.05, 0) is 30.3 Å². The molecule has 2 unspecified atom stereocenters. The summed E-state index contributed by atoms with van der Waals surface area (Å²) in [5.74, 6) is -1.43. The molecule has 0 spiro atoms. The van der Waals surface area contributed by atoms with Crippen LogP contribution < -0.4 is 16.2 Å². The summed E-state index contributed by atoms with van der Waals surface area (Å²) in [5, 5.41) is 14.2. The normalized spacial score (nSPS) is 28.1. The van der Waals surface area contributed by atoms with Crippen molar-refractivity contribution in [2.45, 2.75) is 109 Å². The van der Waals surface area contributed by atoms with Gasteiger partial charge in [-0.2, -0.15) is 10.2 Å². The molecule has 9 atom stereocenters. The number of hydrogen-bond acceptors (Lipinski definition) is 19. The van der Waals surface area contributed by atoms with E-state index < -0.39 is 108 Å². The van der Waals surface area contributed by atoms with E-state index in [0.29, 0.717) is 5.56 Å². The Balaban J connectivity index is 1.15. The van der Waals surface area contributed by atoms with Gasteiger partial charge in [0.25, 0.3) is 11.5 Å². The first kappa shape index (κ1) is 49.3. The number of fused-ring (bicyclic) bond motifs is 5. The highest BCUT2D eigenvalue weighted by atomic mass is 31.2. The number of H-pyrrole nitrogens is 1. The molecule has 3 fully saturated rings. The molecule has 0 aliphatic carbocycles. The van der Waals surface area contributed by atoms with Gasteiger partial charge in [0.05, 0.1) is 45.0 Å². The monoisotopic (exact) mass is 999 g/mol. The van der Waals surface area contributed by atoms with Crippen LogP contribution in [0.4, 0.5) is 11.8 Å². The van der Waals surface area contributed by atoms with Crippen LogP contribution in [0.2, 0.25) is 18.1 Å². The van der Waals surface area contributed by atoms with E-state index in [-0.39, 0.29) is 53.5 Å². The average Bonchev–Trinajstić information content (AvgIpc) is 4.07. The van der Waals surface area contributed by atoms with Gasteiger partial charge in [0.2, 0.25) is 11.9 Å². The van der Waals surface area contributed by atoms with Crippen molar-refractivity contribution in [1.82, 2.24) is 39.0 Å². The topological polar surface area (TPSA) is 317 Å². The van der Waals surface area contributed by atoms with Crippen molar-refractivity contribution < 1.29 is 60.1 Å². The Bertz CT molecular complexity index is 2890. The average molecular weight is 1000 g/mol. The quantitative estimate of drug-likeness (QED) is 0.0737. The number of nitrogens with one attached hydrogen (secondary N) is 3. The number of nitrogens with zero attached hydrogens (tertiary/aromatic N) is 8. The van der Waals surface area contributed by atoms with E-state index in [1.165, 1.54) is 28.1 Å². The number of anilines is 2. The Morgan fingerprint density at radius 3 is 2.41 bits per heavy atom. The number of amides is 2. The minimum absolute atomic E-state index is 0.0953. The number of rotatable bonds is 11. The molecule has 0 radical (unpaired) electrons. The van der Waals surface area contributed by atoms with Gasteiger partial charge >= 0.3 is 15.6 Å². The molecule has 3 aliphatic heterocycles. The van der Waals surface area contributed by atoms with Gasteiger partial charge in [0.15, 0.2) is 42.7 Å². The Labute approximate surface area is 389 Å². The number of carbonyl (C=O) groups excluding carboxylic acids is 2. The number of aromatic amines is 1. The number of imidazole rings is 2. The molecular formula is C40H51N11O14P2Si.